The fraction of sp³-hybridized carbons (Fsp3) is 0.400. The molecular weight excluding hydrogens is 524 g/mol. The molecular formula is C35H42N4O3. The Morgan fingerprint density at radius 3 is 2.36 bits per heavy atom. The number of rotatable bonds is 10. The summed E-state index contributed by atoms with van der Waals surface area (Å²) in [7, 11) is 0. The molecule has 5 rings (SSSR count). The van der Waals surface area contributed by atoms with Crippen molar-refractivity contribution in [3.63, 3.8) is 0 Å². The zero-order valence-electron chi connectivity index (χ0n) is 24.6. The number of anilines is 3. The first kappa shape index (κ1) is 29.4. The lowest BCUT2D eigenvalue weighted by Gasteiger charge is -2.36. The molecule has 1 heterocycles. The Balaban J connectivity index is 1.40. The summed E-state index contributed by atoms with van der Waals surface area (Å²) in [5.41, 5.74) is 9.94. The molecule has 220 valence electrons. The summed E-state index contributed by atoms with van der Waals surface area (Å²) in [4.78, 5) is 42.7. The van der Waals surface area contributed by atoms with Gasteiger partial charge in [-0.05, 0) is 79.5 Å². The minimum Gasteiger partial charge on any atom is -0.369 e. The summed E-state index contributed by atoms with van der Waals surface area (Å²) in [6.07, 6.45) is 4.72. The average molecular weight is 567 g/mol. The fourth-order valence-corrected chi connectivity index (χ4v) is 6.73. The number of carbonyl (C=O) groups excluding carboxylic acids is 3. The van der Waals surface area contributed by atoms with Gasteiger partial charge in [-0.2, -0.15) is 0 Å². The predicted octanol–water partition coefficient (Wildman–Crippen LogP) is 6.10. The van der Waals surface area contributed by atoms with Gasteiger partial charge in [-0.1, -0.05) is 75.2 Å². The zero-order valence-corrected chi connectivity index (χ0v) is 24.6. The van der Waals surface area contributed by atoms with E-state index in [1.54, 1.807) is 4.90 Å². The number of nitrogens with two attached hydrogens (primary N) is 1. The maximum Gasteiger partial charge on any atom is 0.249 e. The van der Waals surface area contributed by atoms with Crippen LogP contribution in [0.25, 0.3) is 0 Å². The molecule has 42 heavy (non-hydrogen) atoms. The molecule has 0 bridgehead atoms. The Hall–Kier alpha value is -4.13. The highest BCUT2D eigenvalue weighted by molar-refractivity contribution is 6.01. The van der Waals surface area contributed by atoms with Crippen LogP contribution in [0.4, 0.5) is 17.1 Å². The van der Waals surface area contributed by atoms with Gasteiger partial charge in [-0.3, -0.25) is 14.4 Å². The Morgan fingerprint density at radius 2 is 1.64 bits per heavy atom. The molecule has 1 aliphatic carbocycles. The van der Waals surface area contributed by atoms with Gasteiger partial charge in [0, 0.05) is 17.1 Å². The van der Waals surface area contributed by atoms with Crippen molar-refractivity contribution < 1.29 is 14.4 Å². The molecule has 2 aliphatic rings. The van der Waals surface area contributed by atoms with E-state index in [-0.39, 0.29) is 17.7 Å². The third-order valence-electron chi connectivity index (χ3n) is 8.87. The van der Waals surface area contributed by atoms with Gasteiger partial charge in [0.05, 0.1) is 17.9 Å². The van der Waals surface area contributed by atoms with Crippen LogP contribution in [0.3, 0.4) is 0 Å². The van der Waals surface area contributed by atoms with Gasteiger partial charge in [0.15, 0.2) is 0 Å². The quantitative estimate of drug-likeness (QED) is 0.276. The number of aryl methyl sites for hydroxylation is 1. The van der Waals surface area contributed by atoms with Crippen molar-refractivity contribution in [1.29, 1.82) is 0 Å². The number of amides is 3. The molecule has 0 saturated heterocycles. The van der Waals surface area contributed by atoms with Gasteiger partial charge < -0.3 is 21.3 Å². The van der Waals surface area contributed by atoms with Crippen LogP contribution in [0.1, 0.15) is 63.5 Å². The third kappa shape index (κ3) is 6.35. The Bertz CT molecular complexity index is 1410. The molecule has 1 fully saturated rings. The van der Waals surface area contributed by atoms with Crippen molar-refractivity contribution in [1.82, 2.24) is 5.32 Å². The molecule has 1 saturated carbocycles. The molecule has 0 spiro atoms. The topological polar surface area (TPSA) is 105 Å². The lowest BCUT2D eigenvalue weighted by atomic mass is 9.69. The summed E-state index contributed by atoms with van der Waals surface area (Å²) in [5, 5.41) is 6.54. The first-order valence-corrected chi connectivity index (χ1v) is 15.2. The summed E-state index contributed by atoms with van der Waals surface area (Å²) in [6, 6.07) is 25.3. The van der Waals surface area contributed by atoms with Crippen LogP contribution >= 0.6 is 0 Å². The molecule has 2 atom stereocenters. The number of primary amides is 1. The van der Waals surface area contributed by atoms with E-state index < -0.39 is 23.3 Å². The number of nitrogens with zero attached hydrogens (tertiary/aromatic N) is 1. The lowest BCUT2D eigenvalue weighted by Crippen LogP contribution is -2.54. The molecule has 0 radical (unpaired) electrons. The number of hydrogen-bond acceptors (Lipinski definition) is 4. The van der Waals surface area contributed by atoms with Crippen molar-refractivity contribution in [3.8, 4) is 0 Å². The maximum absolute atomic E-state index is 14.2. The predicted molar refractivity (Wildman–Crippen MR) is 167 cm³/mol. The van der Waals surface area contributed by atoms with Gasteiger partial charge in [0.25, 0.3) is 0 Å². The second kappa shape index (κ2) is 12.8. The van der Waals surface area contributed by atoms with E-state index >= 15 is 0 Å². The van der Waals surface area contributed by atoms with E-state index in [0.29, 0.717) is 38.6 Å². The van der Waals surface area contributed by atoms with Crippen LogP contribution in [0.5, 0.6) is 0 Å². The van der Waals surface area contributed by atoms with E-state index in [1.807, 2.05) is 66.7 Å². The van der Waals surface area contributed by atoms with Crippen molar-refractivity contribution in [3.05, 3.63) is 90.0 Å². The van der Waals surface area contributed by atoms with Gasteiger partial charge in [0.1, 0.15) is 6.04 Å². The third-order valence-corrected chi connectivity index (χ3v) is 8.87. The van der Waals surface area contributed by atoms with Crippen LogP contribution < -0.4 is 21.3 Å². The standard InChI is InChI=1S/C35H42N4O3/c1-24(2)21-29(35(34(36)42)19-8-9-20-35)32(40)38-30-18-17-26-12-6-7-16-31(26)39(33(30)41)23-25-11-10-15-28(22-25)37-27-13-4-3-5-14-27/h3-7,10-16,22,24,29-30,37H,8-9,17-21,23H2,1-2H3,(H2,36,42)(H,38,40)/t29-,30?/m0/s1. The number of hydrogen-bond donors (Lipinski definition) is 3. The highest BCUT2D eigenvalue weighted by Crippen LogP contribution is 2.47. The second-order valence-corrected chi connectivity index (χ2v) is 12.3. The smallest absolute Gasteiger partial charge is 0.249 e. The van der Waals surface area contributed by atoms with E-state index in [4.69, 9.17) is 5.73 Å². The second-order valence-electron chi connectivity index (χ2n) is 12.3. The van der Waals surface area contributed by atoms with E-state index in [1.165, 1.54) is 0 Å². The van der Waals surface area contributed by atoms with Crippen molar-refractivity contribution in [2.24, 2.45) is 23.0 Å². The monoisotopic (exact) mass is 566 g/mol. The highest BCUT2D eigenvalue weighted by Gasteiger charge is 2.50. The normalized spacial score (nSPS) is 18.7. The number of fused-ring (bicyclic) bond motifs is 1. The highest BCUT2D eigenvalue weighted by atomic mass is 16.2. The number of benzene rings is 3. The average Bonchev–Trinajstić information content (AvgIpc) is 3.44. The molecule has 3 aromatic rings. The molecule has 3 amide bonds. The SMILES string of the molecule is CC(C)C[C@@H](C(=O)NC1CCc2ccccc2N(Cc2cccc(Nc3ccccc3)c2)C1=O)C1(C(N)=O)CCCC1. The number of para-hydroxylation sites is 2. The number of nitrogens with one attached hydrogen (secondary N) is 2. The molecule has 1 unspecified atom stereocenters. The van der Waals surface area contributed by atoms with Crippen LogP contribution in [-0.2, 0) is 27.3 Å². The molecule has 7 nitrogen and oxygen atoms in total. The maximum atomic E-state index is 14.2. The largest absolute Gasteiger partial charge is 0.369 e. The van der Waals surface area contributed by atoms with Crippen molar-refractivity contribution >= 4 is 34.8 Å². The summed E-state index contributed by atoms with van der Waals surface area (Å²) in [5.74, 6) is -1.11. The minimum atomic E-state index is -0.850. The van der Waals surface area contributed by atoms with Crippen LogP contribution in [0, 0.1) is 17.3 Å². The first-order valence-electron chi connectivity index (χ1n) is 15.2. The minimum absolute atomic E-state index is 0.141. The first-order chi connectivity index (χ1) is 20.3. The van der Waals surface area contributed by atoms with Gasteiger partial charge in [0.2, 0.25) is 17.7 Å². The van der Waals surface area contributed by atoms with Crippen LogP contribution in [0.15, 0.2) is 78.9 Å². The van der Waals surface area contributed by atoms with Crippen molar-refractivity contribution in [2.45, 2.75) is 71.4 Å². The number of carbonyl (C=O) groups is 3. The Labute approximate surface area is 248 Å². The van der Waals surface area contributed by atoms with Crippen LogP contribution in [-0.4, -0.2) is 23.8 Å². The summed E-state index contributed by atoms with van der Waals surface area (Å²) in [6.45, 7) is 4.48. The van der Waals surface area contributed by atoms with E-state index in [9.17, 15) is 14.4 Å². The van der Waals surface area contributed by atoms with Gasteiger partial charge in [-0.15, -0.1) is 0 Å². The lowest BCUT2D eigenvalue weighted by molar-refractivity contribution is -0.142. The summed E-state index contributed by atoms with van der Waals surface area (Å²) >= 11 is 0. The Morgan fingerprint density at radius 1 is 0.952 bits per heavy atom. The van der Waals surface area contributed by atoms with Gasteiger partial charge >= 0.3 is 0 Å². The molecule has 1 aliphatic heterocycles. The Kier molecular flexibility index (Phi) is 8.95. The zero-order chi connectivity index (χ0) is 29.7. The van der Waals surface area contributed by atoms with Crippen LogP contribution in [0.2, 0.25) is 0 Å². The molecule has 0 aromatic heterocycles. The van der Waals surface area contributed by atoms with E-state index in [2.05, 4.69) is 36.6 Å². The molecule has 7 heteroatoms. The van der Waals surface area contributed by atoms with Gasteiger partial charge in [-0.25, -0.2) is 0 Å². The molecule has 4 N–H and O–H groups in total. The van der Waals surface area contributed by atoms with Crippen molar-refractivity contribution in [2.75, 3.05) is 10.2 Å². The molecule has 3 aromatic carbocycles. The van der Waals surface area contributed by atoms with E-state index in [0.717, 1.165) is 41.0 Å². The summed E-state index contributed by atoms with van der Waals surface area (Å²) < 4.78 is 0. The fourth-order valence-electron chi connectivity index (χ4n) is 6.73.